The van der Waals surface area contributed by atoms with Gasteiger partial charge < -0.3 is 10.0 Å². The highest BCUT2D eigenvalue weighted by Gasteiger charge is 2.42. The largest absolute Gasteiger partial charge is 0.395 e. The number of benzene rings is 2. The van der Waals surface area contributed by atoms with Crippen LogP contribution in [0.2, 0.25) is 0 Å². The number of amides is 2. The molecule has 0 spiro atoms. The van der Waals surface area contributed by atoms with Crippen LogP contribution in [-0.2, 0) is 9.59 Å². The molecule has 0 atom stereocenters. The van der Waals surface area contributed by atoms with Gasteiger partial charge in [0.05, 0.1) is 17.9 Å². The molecule has 2 aromatic carbocycles. The second kappa shape index (κ2) is 7.14. The number of likely N-dealkylation sites (N-methyl/N-ethyl adjacent to an activating group) is 1. The van der Waals surface area contributed by atoms with Gasteiger partial charge in [0.15, 0.2) is 0 Å². The van der Waals surface area contributed by atoms with Crippen LogP contribution < -0.4 is 4.90 Å². The lowest BCUT2D eigenvalue weighted by Crippen LogP contribution is -2.35. The molecule has 0 saturated heterocycles. The zero-order valence-electron chi connectivity index (χ0n) is 15.2. The summed E-state index contributed by atoms with van der Waals surface area (Å²) < 4.78 is 0. The summed E-state index contributed by atoms with van der Waals surface area (Å²) >= 11 is 0. The third kappa shape index (κ3) is 3.02. The maximum atomic E-state index is 13.2. The fourth-order valence-corrected chi connectivity index (χ4v) is 3.15. The van der Waals surface area contributed by atoms with Crippen LogP contribution >= 0.6 is 0 Å². The van der Waals surface area contributed by atoms with Gasteiger partial charge in [0.25, 0.3) is 11.8 Å². The van der Waals surface area contributed by atoms with Crippen LogP contribution in [0.3, 0.4) is 0 Å². The van der Waals surface area contributed by atoms with E-state index in [2.05, 4.69) is 0 Å². The summed E-state index contributed by atoms with van der Waals surface area (Å²) in [4.78, 5) is 29.3. The van der Waals surface area contributed by atoms with Gasteiger partial charge in [0.1, 0.15) is 5.70 Å². The molecule has 1 aliphatic rings. The first kappa shape index (κ1) is 17.9. The van der Waals surface area contributed by atoms with E-state index in [0.717, 1.165) is 11.1 Å². The molecule has 134 valence electrons. The Morgan fingerprint density at radius 2 is 1.62 bits per heavy atom. The third-order valence-corrected chi connectivity index (χ3v) is 4.57. The van der Waals surface area contributed by atoms with Gasteiger partial charge in [0.2, 0.25) is 0 Å². The number of aliphatic hydroxyl groups is 1. The van der Waals surface area contributed by atoms with Crippen LogP contribution in [0.5, 0.6) is 0 Å². The summed E-state index contributed by atoms with van der Waals surface area (Å²) in [5.41, 5.74) is 3.89. The molecule has 0 bridgehead atoms. The zero-order valence-corrected chi connectivity index (χ0v) is 15.2. The molecular formula is C21H22N2O3. The maximum Gasteiger partial charge on any atom is 0.282 e. The number of carbonyl (C=O) groups is 2. The van der Waals surface area contributed by atoms with Crippen LogP contribution in [0.1, 0.15) is 16.7 Å². The molecule has 5 nitrogen and oxygen atoms in total. The van der Waals surface area contributed by atoms with Crippen molar-refractivity contribution in [1.82, 2.24) is 4.90 Å². The smallest absolute Gasteiger partial charge is 0.282 e. The quantitative estimate of drug-likeness (QED) is 0.842. The van der Waals surface area contributed by atoms with E-state index >= 15 is 0 Å². The number of carbonyl (C=O) groups excluding carboxylic acids is 2. The van der Waals surface area contributed by atoms with Crippen molar-refractivity contribution in [3.8, 4) is 0 Å². The lowest BCUT2D eigenvalue weighted by Gasteiger charge is -2.21. The second-order valence-electron chi connectivity index (χ2n) is 6.47. The normalized spacial score (nSPS) is 14.4. The van der Waals surface area contributed by atoms with Crippen LogP contribution in [0.15, 0.2) is 54.2 Å². The third-order valence-electron chi connectivity index (χ3n) is 4.57. The summed E-state index contributed by atoms with van der Waals surface area (Å²) in [6.07, 6.45) is 0. The monoisotopic (exact) mass is 350 g/mol. The first-order valence-corrected chi connectivity index (χ1v) is 8.53. The lowest BCUT2D eigenvalue weighted by atomic mass is 10.0. The first-order valence-electron chi connectivity index (χ1n) is 8.53. The van der Waals surface area contributed by atoms with E-state index < -0.39 is 0 Å². The van der Waals surface area contributed by atoms with Crippen molar-refractivity contribution >= 4 is 23.1 Å². The van der Waals surface area contributed by atoms with Gasteiger partial charge in [-0.2, -0.15) is 0 Å². The summed E-state index contributed by atoms with van der Waals surface area (Å²) in [5, 5.41) is 9.30. The predicted molar refractivity (Wildman–Crippen MR) is 101 cm³/mol. The van der Waals surface area contributed by atoms with E-state index in [4.69, 9.17) is 0 Å². The minimum atomic E-state index is -0.365. The highest BCUT2D eigenvalue weighted by Crippen LogP contribution is 2.35. The van der Waals surface area contributed by atoms with Crippen LogP contribution in [-0.4, -0.2) is 42.0 Å². The van der Waals surface area contributed by atoms with Crippen LogP contribution in [0.25, 0.3) is 5.57 Å². The molecule has 1 N–H and O–H groups in total. The average Bonchev–Trinajstić information content (AvgIpc) is 2.87. The van der Waals surface area contributed by atoms with Crippen molar-refractivity contribution in [3.63, 3.8) is 0 Å². The molecule has 0 unspecified atom stereocenters. The van der Waals surface area contributed by atoms with Gasteiger partial charge >= 0.3 is 0 Å². The number of anilines is 1. The molecule has 0 radical (unpaired) electrons. The number of hydrogen-bond donors (Lipinski definition) is 1. The van der Waals surface area contributed by atoms with Crippen molar-refractivity contribution in [3.05, 3.63) is 70.9 Å². The fraction of sp³-hybridized carbons (Fsp3) is 0.238. The minimum Gasteiger partial charge on any atom is -0.395 e. The Morgan fingerprint density at radius 3 is 2.23 bits per heavy atom. The maximum absolute atomic E-state index is 13.2. The number of nitrogens with zero attached hydrogens (tertiary/aromatic N) is 2. The fourth-order valence-electron chi connectivity index (χ4n) is 3.15. The topological polar surface area (TPSA) is 60.9 Å². The molecule has 2 amide bonds. The van der Waals surface area contributed by atoms with Crippen molar-refractivity contribution < 1.29 is 14.7 Å². The van der Waals surface area contributed by atoms with E-state index in [9.17, 15) is 14.7 Å². The average molecular weight is 350 g/mol. The van der Waals surface area contributed by atoms with E-state index in [1.807, 2.05) is 56.3 Å². The number of aryl methyl sites for hydroxylation is 2. The molecule has 3 rings (SSSR count). The van der Waals surface area contributed by atoms with E-state index in [0.29, 0.717) is 22.5 Å². The van der Waals surface area contributed by atoms with E-state index in [1.165, 1.54) is 4.90 Å². The van der Waals surface area contributed by atoms with Gasteiger partial charge in [-0.1, -0.05) is 48.0 Å². The molecule has 1 aliphatic heterocycles. The number of aliphatic hydroxyl groups excluding tert-OH is 1. The predicted octanol–water partition coefficient (Wildman–Crippen LogP) is 2.51. The van der Waals surface area contributed by atoms with E-state index in [1.54, 1.807) is 18.0 Å². The molecule has 0 saturated carbocycles. The number of imide groups is 1. The molecule has 26 heavy (non-hydrogen) atoms. The highest BCUT2D eigenvalue weighted by molar-refractivity contribution is 6.45. The molecule has 0 fully saturated rings. The van der Waals surface area contributed by atoms with Crippen LogP contribution in [0, 0.1) is 13.8 Å². The Morgan fingerprint density at radius 1 is 0.962 bits per heavy atom. The SMILES string of the molecule is Cc1ccc(C2=C(N(C)CCO)C(=O)N(c3ccccc3C)C2=O)cc1. The highest BCUT2D eigenvalue weighted by atomic mass is 16.3. The van der Waals surface area contributed by atoms with Gasteiger partial charge in [0, 0.05) is 13.6 Å². The van der Waals surface area contributed by atoms with Crippen LogP contribution in [0.4, 0.5) is 5.69 Å². The molecule has 2 aromatic rings. The Balaban J connectivity index is 2.15. The number of para-hydroxylation sites is 1. The summed E-state index contributed by atoms with van der Waals surface area (Å²) in [6, 6.07) is 14.9. The molecule has 5 heteroatoms. The number of rotatable bonds is 5. The Kier molecular flexibility index (Phi) is 4.91. The van der Waals surface area contributed by atoms with Crippen molar-refractivity contribution in [2.45, 2.75) is 13.8 Å². The van der Waals surface area contributed by atoms with Crippen molar-refractivity contribution in [1.29, 1.82) is 0 Å². The minimum absolute atomic E-state index is 0.104. The summed E-state index contributed by atoms with van der Waals surface area (Å²) in [6.45, 7) is 4.01. The molecule has 0 aromatic heterocycles. The first-order chi connectivity index (χ1) is 12.5. The van der Waals surface area contributed by atoms with Gasteiger partial charge in [-0.15, -0.1) is 0 Å². The van der Waals surface area contributed by atoms with Crippen molar-refractivity contribution in [2.24, 2.45) is 0 Å². The summed E-state index contributed by atoms with van der Waals surface area (Å²) in [7, 11) is 1.71. The second-order valence-corrected chi connectivity index (χ2v) is 6.47. The van der Waals surface area contributed by atoms with Gasteiger partial charge in [-0.3, -0.25) is 9.59 Å². The molecular weight excluding hydrogens is 328 g/mol. The summed E-state index contributed by atoms with van der Waals surface area (Å²) in [5.74, 6) is -0.705. The number of hydrogen-bond acceptors (Lipinski definition) is 4. The van der Waals surface area contributed by atoms with Crippen molar-refractivity contribution in [2.75, 3.05) is 25.1 Å². The molecule has 1 heterocycles. The van der Waals surface area contributed by atoms with E-state index in [-0.39, 0.29) is 25.0 Å². The Bertz CT molecular complexity index is 884. The Hall–Kier alpha value is -2.92. The zero-order chi connectivity index (χ0) is 18.8. The van der Waals surface area contributed by atoms with Gasteiger partial charge in [-0.25, -0.2) is 4.90 Å². The Labute approximate surface area is 153 Å². The molecule has 0 aliphatic carbocycles. The standard InChI is InChI=1S/C21H22N2O3/c1-14-8-10-16(11-9-14)18-19(22(3)12-13-24)21(26)23(20(18)25)17-7-5-4-6-15(17)2/h4-11,24H,12-13H2,1-3H3. The van der Waals surface area contributed by atoms with Gasteiger partial charge in [-0.05, 0) is 31.0 Å². The lowest BCUT2D eigenvalue weighted by molar-refractivity contribution is -0.120.